The van der Waals surface area contributed by atoms with Crippen molar-refractivity contribution >= 4 is 24.4 Å². The Labute approximate surface area is 55.5 Å². The van der Waals surface area contributed by atoms with Crippen molar-refractivity contribution < 1.29 is 0 Å². The Bertz CT molecular complexity index is 37.1. The summed E-state index contributed by atoms with van der Waals surface area (Å²) in [6.07, 6.45) is 0. The van der Waals surface area contributed by atoms with Crippen LogP contribution < -0.4 is 0 Å². The van der Waals surface area contributed by atoms with Gasteiger partial charge in [0.05, 0.1) is 0 Å². The summed E-state index contributed by atoms with van der Waals surface area (Å²) in [4.78, 5) is 0. The van der Waals surface area contributed by atoms with Crippen molar-refractivity contribution in [2.75, 3.05) is 11.5 Å². The summed E-state index contributed by atoms with van der Waals surface area (Å²) >= 11 is 5.94. The molecule has 0 aliphatic rings. The lowest BCUT2D eigenvalue weighted by molar-refractivity contribution is 1.14. The largest absolute Gasteiger partial charge is 0.178 e. The molecule has 43 valence electrons. The van der Waals surface area contributed by atoms with Gasteiger partial charge in [0.2, 0.25) is 0 Å². The number of hydrogen-bond donors (Lipinski definition) is 1. The van der Waals surface area contributed by atoms with Crippen LogP contribution in [0.25, 0.3) is 0 Å². The van der Waals surface area contributed by atoms with Crippen molar-refractivity contribution in [2.45, 2.75) is 12.2 Å². The molecule has 0 amide bonds. The first-order valence-electron chi connectivity index (χ1n) is 2.33. The monoisotopic (exact) mass is 135 g/mol. The Morgan fingerprint density at radius 3 is 2.57 bits per heavy atom. The summed E-state index contributed by atoms with van der Waals surface area (Å²) in [6, 6.07) is 0. The fraction of sp³-hybridized carbons (Fsp3) is 0.800. The van der Waals surface area contributed by atoms with Gasteiger partial charge >= 0.3 is 0 Å². The van der Waals surface area contributed by atoms with Crippen LogP contribution in [0.1, 0.15) is 6.92 Å². The molecule has 0 aromatic rings. The van der Waals surface area contributed by atoms with E-state index in [4.69, 9.17) is 0 Å². The van der Waals surface area contributed by atoms with E-state index in [1.54, 1.807) is 0 Å². The van der Waals surface area contributed by atoms with Gasteiger partial charge < -0.3 is 0 Å². The normalized spacial score (nSPS) is 14.1. The number of hydrogen-bond acceptors (Lipinski definition) is 2. The van der Waals surface area contributed by atoms with Gasteiger partial charge in [-0.25, -0.2) is 0 Å². The van der Waals surface area contributed by atoms with E-state index in [0.29, 0.717) is 5.25 Å². The second kappa shape index (κ2) is 4.85. The van der Waals surface area contributed by atoms with Gasteiger partial charge in [-0.05, 0) is 12.7 Å². The summed E-state index contributed by atoms with van der Waals surface area (Å²) in [5.74, 6) is 1.92. The van der Waals surface area contributed by atoms with Crippen molar-refractivity contribution in [2.24, 2.45) is 0 Å². The quantitative estimate of drug-likeness (QED) is 0.576. The van der Waals surface area contributed by atoms with Crippen molar-refractivity contribution in [3.05, 3.63) is 6.92 Å². The van der Waals surface area contributed by atoms with Gasteiger partial charge in [-0.2, -0.15) is 24.4 Å². The first kappa shape index (κ1) is 7.70. The van der Waals surface area contributed by atoms with Gasteiger partial charge in [0.25, 0.3) is 0 Å². The SMILES string of the molecule is [CH2]CSC(C)CS. The number of thioether (sulfide) groups is 1. The third kappa shape index (κ3) is 4.56. The summed E-state index contributed by atoms with van der Waals surface area (Å²) in [5.41, 5.74) is 0. The minimum atomic E-state index is 0.667. The van der Waals surface area contributed by atoms with Crippen LogP contribution in [0, 0.1) is 6.92 Å². The summed E-state index contributed by atoms with van der Waals surface area (Å²) in [5, 5.41) is 0.667. The Morgan fingerprint density at radius 2 is 2.43 bits per heavy atom. The zero-order valence-corrected chi connectivity index (χ0v) is 6.27. The summed E-state index contributed by atoms with van der Waals surface area (Å²) in [6.45, 7) is 5.86. The average Bonchev–Trinajstić information content (AvgIpc) is 1.68. The first-order chi connectivity index (χ1) is 3.31. The molecule has 2 heteroatoms. The van der Waals surface area contributed by atoms with Crippen molar-refractivity contribution in [1.82, 2.24) is 0 Å². The fourth-order valence-corrected chi connectivity index (χ4v) is 1.08. The lowest BCUT2D eigenvalue weighted by atomic mass is 10.6. The highest BCUT2D eigenvalue weighted by molar-refractivity contribution is 8.00. The molecule has 0 saturated carbocycles. The average molecular weight is 135 g/mol. The zero-order valence-electron chi connectivity index (χ0n) is 4.55. The highest BCUT2D eigenvalue weighted by Crippen LogP contribution is 2.09. The molecule has 0 aromatic heterocycles. The summed E-state index contributed by atoms with van der Waals surface area (Å²) in [7, 11) is 0. The molecule has 0 aliphatic carbocycles. The van der Waals surface area contributed by atoms with Gasteiger partial charge in [0.15, 0.2) is 0 Å². The Kier molecular flexibility index (Phi) is 5.33. The predicted molar refractivity (Wildman–Crippen MR) is 41.1 cm³/mol. The standard InChI is InChI=1S/C5H11S2/c1-3-7-5(2)4-6/h5-6H,1,3-4H2,2H3. The van der Waals surface area contributed by atoms with E-state index < -0.39 is 0 Å². The molecule has 1 radical (unpaired) electrons. The van der Waals surface area contributed by atoms with E-state index in [1.807, 2.05) is 11.8 Å². The number of thiol groups is 1. The van der Waals surface area contributed by atoms with Gasteiger partial charge in [-0.1, -0.05) is 6.92 Å². The van der Waals surface area contributed by atoms with Crippen LogP contribution in [0.15, 0.2) is 0 Å². The Balaban J connectivity index is 2.83. The molecule has 1 atom stereocenters. The Hall–Kier alpha value is 0.700. The van der Waals surface area contributed by atoms with Gasteiger partial charge in [-0.3, -0.25) is 0 Å². The molecule has 0 rings (SSSR count). The highest BCUT2D eigenvalue weighted by Gasteiger charge is 1.93. The van der Waals surface area contributed by atoms with Crippen LogP contribution in [0.3, 0.4) is 0 Å². The first-order valence-corrected chi connectivity index (χ1v) is 4.01. The molecule has 0 bridgehead atoms. The minimum Gasteiger partial charge on any atom is -0.178 e. The third-order valence-corrected chi connectivity index (χ3v) is 2.43. The predicted octanol–water partition coefficient (Wildman–Crippen LogP) is 1.87. The molecule has 0 aliphatic heterocycles. The maximum Gasteiger partial charge on any atom is 0.0107 e. The maximum absolute atomic E-state index is 4.10. The molecule has 0 spiro atoms. The van der Waals surface area contributed by atoms with Crippen LogP contribution in [-0.2, 0) is 0 Å². The van der Waals surface area contributed by atoms with E-state index >= 15 is 0 Å². The zero-order chi connectivity index (χ0) is 5.70. The molecule has 1 unspecified atom stereocenters. The lowest BCUT2D eigenvalue weighted by Crippen LogP contribution is -1.96. The summed E-state index contributed by atoms with van der Waals surface area (Å²) < 4.78 is 0. The fourth-order valence-electron chi connectivity index (χ4n) is 0.254. The third-order valence-electron chi connectivity index (χ3n) is 0.659. The second-order valence-corrected chi connectivity index (χ2v) is 3.28. The maximum atomic E-state index is 4.10. The lowest BCUT2D eigenvalue weighted by Gasteiger charge is -2.01. The molecule has 0 saturated heterocycles. The van der Waals surface area contributed by atoms with Crippen LogP contribution in [0.5, 0.6) is 0 Å². The smallest absolute Gasteiger partial charge is 0.0107 e. The molecule has 0 fully saturated rings. The number of rotatable bonds is 3. The van der Waals surface area contributed by atoms with Crippen LogP contribution in [-0.4, -0.2) is 16.8 Å². The molecule has 0 aromatic carbocycles. The van der Waals surface area contributed by atoms with Crippen LogP contribution >= 0.6 is 24.4 Å². The Morgan fingerprint density at radius 1 is 1.86 bits per heavy atom. The topological polar surface area (TPSA) is 0 Å². The molecule has 7 heavy (non-hydrogen) atoms. The molecular weight excluding hydrogens is 124 g/mol. The van der Waals surface area contributed by atoms with Crippen LogP contribution in [0.4, 0.5) is 0 Å². The van der Waals surface area contributed by atoms with Gasteiger partial charge in [0, 0.05) is 11.0 Å². The minimum absolute atomic E-state index is 0.667. The molecular formula is C5H11S2. The second-order valence-electron chi connectivity index (χ2n) is 1.36. The van der Waals surface area contributed by atoms with E-state index in [-0.39, 0.29) is 0 Å². The van der Waals surface area contributed by atoms with E-state index in [9.17, 15) is 0 Å². The van der Waals surface area contributed by atoms with E-state index in [1.165, 1.54) is 0 Å². The van der Waals surface area contributed by atoms with Crippen molar-refractivity contribution in [1.29, 1.82) is 0 Å². The molecule has 0 N–H and O–H groups in total. The van der Waals surface area contributed by atoms with Gasteiger partial charge in [0.1, 0.15) is 0 Å². The molecule has 0 heterocycles. The molecule has 0 nitrogen and oxygen atoms in total. The van der Waals surface area contributed by atoms with E-state index in [2.05, 4.69) is 26.5 Å². The van der Waals surface area contributed by atoms with Crippen molar-refractivity contribution in [3.63, 3.8) is 0 Å². The van der Waals surface area contributed by atoms with E-state index in [0.717, 1.165) is 11.5 Å². The van der Waals surface area contributed by atoms with Crippen LogP contribution in [0.2, 0.25) is 0 Å². The van der Waals surface area contributed by atoms with Crippen molar-refractivity contribution in [3.8, 4) is 0 Å². The van der Waals surface area contributed by atoms with Gasteiger partial charge in [-0.15, -0.1) is 0 Å². The highest BCUT2D eigenvalue weighted by atomic mass is 32.2.